The summed E-state index contributed by atoms with van der Waals surface area (Å²) in [6.45, 7) is -0.112. The summed E-state index contributed by atoms with van der Waals surface area (Å²) in [4.78, 5) is 25.2. The second-order valence-corrected chi connectivity index (χ2v) is 7.79. The molecule has 0 fully saturated rings. The molecule has 2 atom stereocenters. The van der Waals surface area contributed by atoms with E-state index in [1.54, 1.807) is 23.9 Å². The van der Waals surface area contributed by atoms with E-state index in [4.69, 9.17) is 4.74 Å². The fourth-order valence-electron chi connectivity index (χ4n) is 3.39. The highest BCUT2D eigenvalue weighted by Gasteiger charge is 2.27. The normalized spacial score (nSPS) is 16.1. The molecule has 2 aromatic carbocycles. The van der Waals surface area contributed by atoms with Gasteiger partial charge in [0.05, 0.1) is 6.04 Å². The second kappa shape index (κ2) is 10.2. The number of fused-ring (bicyclic) bond motifs is 1. The van der Waals surface area contributed by atoms with Crippen molar-refractivity contribution in [1.82, 2.24) is 10.6 Å². The number of para-hydroxylation sites is 1. The molecule has 28 heavy (non-hydrogen) atoms. The van der Waals surface area contributed by atoms with Crippen LogP contribution in [0.2, 0.25) is 0 Å². The Morgan fingerprint density at radius 2 is 1.89 bits per heavy atom. The van der Waals surface area contributed by atoms with Crippen LogP contribution in [0.25, 0.3) is 0 Å². The summed E-state index contributed by atoms with van der Waals surface area (Å²) >= 11 is 1.65. The molecule has 0 saturated carbocycles. The first-order chi connectivity index (χ1) is 13.7. The molecule has 0 aromatic heterocycles. The summed E-state index contributed by atoms with van der Waals surface area (Å²) in [5, 5.41) is 5.95. The SMILES string of the molecule is CSCCC(NC(=O)COc1ccccc1)C(=O)NC1CCc2ccccc21. The Bertz CT molecular complexity index is 797. The molecule has 3 rings (SSSR count). The van der Waals surface area contributed by atoms with Gasteiger partial charge in [0.15, 0.2) is 6.61 Å². The molecule has 1 aliphatic rings. The molecule has 0 saturated heterocycles. The first-order valence-electron chi connectivity index (χ1n) is 9.51. The van der Waals surface area contributed by atoms with Crippen LogP contribution < -0.4 is 15.4 Å². The van der Waals surface area contributed by atoms with E-state index < -0.39 is 6.04 Å². The van der Waals surface area contributed by atoms with E-state index in [-0.39, 0.29) is 24.5 Å². The first-order valence-corrected chi connectivity index (χ1v) is 10.9. The molecule has 148 valence electrons. The monoisotopic (exact) mass is 398 g/mol. The zero-order valence-corrected chi connectivity index (χ0v) is 16.8. The van der Waals surface area contributed by atoms with Crippen LogP contribution in [0.3, 0.4) is 0 Å². The third-order valence-corrected chi connectivity index (χ3v) is 5.47. The maximum atomic E-state index is 12.8. The predicted molar refractivity (Wildman–Crippen MR) is 113 cm³/mol. The van der Waals surface area contributed by atoms with E-state index in [9.17, 15) is 9.59 Å². The molecule has 0 spiro atoms. The molecule has 0 radical (unpaired) electrons. The van der Waals surface area contributed by atoms with Crippen LogP contribution in [-0.4, -0.2) is 36.5 Å². The van der Waals surface area contributed by atoms with Gasteiger partial charge >= 0.3 is 0 Å². The van der Waals surface area contributed by atoms with Gasteiger partial charge in [-0.05, 0) is 54.5 Å². The number of rotatable bonds is 9. The number of benzene rings is 2. The van der Waals surface area contributed by atoms with Crippen molar-refractivity contribution in [1.29, 1.82) is 0 Å². The van der Waals surface area contributed by atoms with Crippen molar-refractivity contribution < 1.29 is 14.3 Å². The van der Waals surface area contributed by atoms with Crippen LogP contribution in [-0.2, 0) is 16.0 Å². The van der Waals surface area contributed by atoms with E-state index in [1.165, 1.54) is 11.1 Å². The van der Waals surface area contributed by atoms with Gasteiger partial charge in [0.25, 0.3) is 5.91 Å². The maximum absolute atomic E-state index is 12.8. The number of hydrogen-bond acceptors (Lipinski definition) is 4. The fourth-order valence-corrected chi connectivity index (χ4v) is 3.86. The molecule has 5 nitrogen and oxygen atoms in total. The molecule has 2 aromatic rings. The zero-order valence-electron chi connectivity index (χ0n) is 16.0. The highest BCUT2D eigenvalue weighted by molar-refractivity contribution is 7.98. The number of aryl methyl sites for hydroxylation is 1. The average molecular weight is 399 g/mol. The number of hydrogen-bond donors (Lipinski definition) is 2. The second-order valence-electron chi connectivity index (χ2n) is 6.80. The van der Waals surface area contributed by atoms with Crippen LogP contribution >= 0.6 is 11.8 Å². The fraction of sp³-hybridized carbons (Fsp3) is 0.364. The Kier molecular flexibility index (Phi) is 7.37. The lowest BCUT2D eigenvalue weighted by Crippen LogP contribution is -2.49. The number of carbonyl (C=O) groups excluding carboxylic acids is 2. The molecule has 6 heteroatoms. The summed E-state index contributed by atoms with van der Waals surface area (Å²) < 4.78 is 5.48. The molecular weight excluding hydrogens is 372 g/mol. The average Bonchev–Trinajstić information content (AvgIpc) is 3.13. The largest absolute Gasteiger partial charge is 0.484 e. The van der Waals surface area contributed by atoms with Crippen molar-refractivity contribution in [3.8, 4) is 5.75 Å². The third-order valence-electron chi connectivity index (χ3n) is 4.82. The van der Waals surface area contributed by atoms with Gasteiger partial charge in [-0.1, -0.05) is 42.5 Å². The Labute approximate surface area is 170 Å². The predicted octanol–water partition coefficient (Wildman–Crippen LogP) is 3.11. The summed E-state index contributed by atoms with van der Waals surface area (Å²) in [5.41, 5.74) is 2.46. The molecule has 1 aliphatic carbocycles. The summed E-state index contributed by atoms with van der Waals surface area (Å²) in [5.74, 6) is 0.991. The minimum Gasteiger partial charge on any atom is -0.484 e. The van der Waals surface area contributed by atoms with Gasteiger partial charge in [0.1, 0.15) is 11.8 Å². The summed E-state index contributed by atoms with van der Waals surface area (Å²) in [6.07, 6.45) is 4.43. The van der Waals surface area contributed by atoms with Crippen LogP contribution in [0, 0.1) is 0 Å². The van der Waals surface area contributed by atoms with E-state index in [0.29, 0.717) is 12.2 Å². The van der Waals surface area contributed by atoms with E-state index in [1.807, 2.05) is 36.6 Å². The topological polar surface area (TPSA) is 67.4 Å². The molecule has 0 aliphatic heterocycles. The Morgan fingerprint density at radius 1 is 1.14 bits per heavy atom. The van der Waals surface area contributed by atoms with Crippen molar-refractivity contribution >= 4 is 23.6 Å². The number of ether oxygens (including phenoxy) is 1. The van der Waals surface area contributed by atoms with Gasteiger partial charge in [0.2, 0.25) is 5.91 Å². The van der Waals surface area contributed by atoms with E-state index in [0.717, 1.165) is 18.6 Å². The van der Waals surface area contributed by atoms with Gasteiger partial charge < -0.3 is 15.4 Å². The van der Waals surface area contributed by atoms with Crippen molar-refractivity contribution in [3.63, 3.8) is 0 Å². The van der Waals surface area contributed by atoms with Crippen molar-refractivity contribution in [2.75, 3.05) is 18.6 Å². The molecule has 2 amide bonds. The summed E-state index contributed by atoms with van der Waals surface area (Å²) in [7, 11) is 0. The van der Waals surface area contributed by atoms with Crippen LogP contribution in [0.15, 0.2) is 54.6 Å². The van der Waals surface area contributed by atoms with Crippen molar-refractivity contribution in [2.24, 2.45) is 0 Å². The minimum absolute atomic E-state index is 0.0120. The first kappa shape index (κ1) is 20.3. The van der Waals surface area contributed by atoms with E-state index in [2.05, 4.69) is 22.8 Å². The number of amides is 2. The number of carbonyl (C=O) groups is 2. The molecule has 2 N–H and O–H groups in total. The zero-order chi connectivity index (χ0) is 19.8. The van der Waals surface area contributed by atoms with Crippen molar-refractivity contribution in [3.05, 3.63) is 65.7 Å². The van der Waals surface area contributed by atoms with E-state index >= 15 is 0 Å². The smallest absolute Gasteiger partial charge is 0.258 e. The number of thioether (sulfide) groups is 1. The van der Waals surface area contributed by atoms with Crippen LogP contribution in [0.5, 0.6) is 5.75 Å². The van der Waals surface area contributed by atoms with Gasteiger partial charge in [-0.2, -0.15) is 11.8 Å². The van der Waals surface area contributed by atoms with Gasteiger partial charge in [-0.3, -0.25) is 9.59 Å². The maximum Gasteiger partial charge on any atom is 0.258 e. The molecule has 0 heterocycles. The Hall–Kier alpha value is -2.47. The van der Waals surface area contributed by atoms with Gasteiger partial charge in [-0.25, -0.2) is 0 Å². The quantitative estimate of drug-likeness (QED) is 0.681. The van der Waals surface area contributed by atoms with Gasteiger partial charge in [-0.15, -0.1) is 0 Å². The van der Waals surface area contributed by atoms with Gasteiger partial charge in [0, 0.05) is 0 Å². The minimum atomic E-state index is -0.563. The van der Waals surface area contributed by atoms with Crippen LogP contribution in [0.4, 0.5) is 0 Å². The Balaban J connectivity index is 1.56. The lowest BCUT2D eigenvalue weighted by molar-refractivity contribution is -0.130. The van der Waals surface area contributed by atoms with Crippen molar-refractivity contribution in [2.45, 2.75) is 31.3 Å². The summed E-state index contributed by atoms with van der Waals surface area (Å²) in [6, 6.07) is 16.8. The van der Waals surface area contributed by atoms with Crippen LogP contribution in [0.1, 0.15) is 30.0 Å². The third kappa shape index (κ3) is 5.52. The standard InChI is InChI=1S/C22H26N2O3S/c1-28-14-13-20(23-21(25)15-27-17-8-3-2-4-9-17)22(26)24-19-12-11-16-7-5-6-10-18(16)19/h2-10,19-20H,11-15H2,1H3,(H,23,25)(H,24,26). The molecule has 2 unspecified atom stereocenters. The highest BCUT2D eigenvalue weighted by Crippen LogP contribution is 2.30. The highest BCUT2D eigenvalue weighted by atomic mass is 32.2. The molecule has 0 bridgehead atoms. The Morgan fingerprint density at radius 3 is 2.68 bits per heavy atom. The number of nitrogens with one attached hydrogen (secondary N) is 2. The molecular formula is C22H26N2O3S. The lowest BCUT2D eigenvalue weighted by atomic mass is 10.1. The lowest BCUT2D eigenvalue weighted by Gasteiger charge is -2.21.